The Morgan fingerprint density at radius 3 is 2.88 bits per heavy atom. The van der Waals surface area contributed by atoms with E-state index < -0.39 is 5.82 Å². The third-order valence-corrected chi connectivity index (χ3v) is 5.11. The van der Waals surface area contributed by atoms with Crippen molar-refractivity contribution in [3.05, 3.63) is 53.0 Å². The number of halogens is 1. The molecule has 1 aliphatic rings. The van der Waals surface area contributed by atoms with E-state index in [-0.39, 0.29) is 12.0 Å². The Balaban J connectivity index is 1.72. The smallest absolute Gasteiger partial charge is 0.270 e. The molecular weight excluding hydrogens is 355 g/mol. The third-order valence-electron chi connectivity index (χ3n) is 3.97. The molecule has 6 nitrogen and oxygen atoms in total. The van der Waals surface area contributed by atoms with Gasteiger partial charge in [-0.2, -0.15) is 0 Å². The summed E-state index contributed by atoms with van der Waals surface area (Å²) in [5.41, 5.74) is 1.17. The van der Waals surface area contributed by atoms with E-state index in [1.165, 1.54) is 23.5 Å². The summed E-state index contributed by atoms with van der Waals surface area (Å²) in [4.78, 5) is 28.1. The lowest BCUT2D eigenvalue weighted by atomic mass is 10.2. The van der Waals surface area contributed by atoms with E-state index >= 15 is 0 Å². The van der Waals surface area contributed by atoms with Crippen molar-refractivity contribution in [1.29, 1.82) is 0 Å². The number of nitrogens with zero attached hydrogens (tertiary/aromatic N) is 4. The summed E-state index contributed by atoms with van der Waals surface area (Å²) in [5, 5.41) is 0.590. The molecule has 0 saturated heterocycles. The predicted molar refractivity (Wildman–Crippen MR) is 96.0 cm³/mol. The highest BCUT2D eigenvalue weighted by Gasteiger charge is 2.31. The van der Waals surface area contributed by atoms with Gasteiger partial charge in [-0.3, -0.25) is 4.79 Å². The van der Waals surface area contributed by atoms with Gasteiger partial charge in [-0.1, -0.05) is 0 Å². The second kappa shape index (κ2) is 6.45. The SMILES string of the molecule is Cc1nc(-c2ncccn2)sc1C(=O)N1C[C@H](C)Oc2cc(F)ccc21. The zero-order chi connectivity index (χ0) is 18.3. The van der Waals surface area contributed by atoms with Gasteiger partial charge < -0.3 is 9.64 Å². The number of thiazole rings is 1. The minimum absolute atomic E-state index is 0.190. The Labute approximate surface area is 153 Å². The fraction of sp³-hybridized carbons (Fsp3) is 0.222. The average molecular weight is 370 g/mol. The molecule has 26 heavy (non-hydrogen) atoms. The molecule has 0 saturated carbocycles. The van der Waals surface area contributed by atoms with Crippen molar-refractivity contribution >= 4 is 22.9 Å². The molecule has 3 heterocycles. The second-order valence-electron chi connectivity index (χ2n) is 5.96. The molecule has 0 fully saturated rings. The monoisotopic (exact) mass is 370 g/mol. The fourth-order valence-electron chi connectivity index (χ4n) is 2.83. The molecule has 0 spiro atoms. The highest BCUT2D eigenvalue weighted by atomic mass is 32.1. The highest BCUT2D eigenvalue weighted by Crippen LogP contribution is 2.36. The molecule has 0 radical (unpaired) electrons. The standard InChI is InChI=1S/C18H15FN4O2S/c1-10-9-23(13-5-4-12(19)8-14(13)25-10)18(24)15-11(2)22-17(26-15)16-20-6-3-7-21-16/h3-8,10H,9H2,1-2H3/t10-/m0/s1. The predicted octanol–water partition coefficient (Wildman–Crippen LogP) is 3.48. The van der Waals surface area contributed by atoms with Gasteiger partial charge >= 0.3 is 0 Å². The number of carbonyl (C=O) groups is 1. The molecule has 1 aromatic carbocycles. The van der Waals surface area contributed by atoms with Crippen LogP contribution in [0.4, 0.5) is 10.1 Å². The van der Waals surface area contributed by atoms with Crippen molar-refractivity contribution in [3.8, 4) is 16.6 Å². The number of aromatic nitrogens is 3. The first-order valence-electron chi connectivity index (χ1n) is 8.06. The Morgan fingerprint density at radius 1 is 1.35 bits per heavy atom. The van der Waals surface area contributed by atoms with Crippen LogP contribution in [-0.2, 0) is 0 Å². The summed E-state index contributed by atoms with van der Waals surface area (Å²) in [6, 6.07) is 5.91. The Morgan fingerprint density at radius 2 is 2.12 bits per heavy atom. The van der Waals surface area contributed by atoms with Gasteiger partial charge in [0.1, 0.15) is 22.5 Å². The van der Waals surface area contributed by atoms with Crippen LogP contribution in [0.5, 0.6) is 5.75 Å². The van der Waals surface area contributed by atoms with Crippen LogP contribution in [0.25, 0.3) is 10.8 Å². The van der Waals surface area contributed by atoms with Crippen molar-refractivity contribution in [1.82, 2.24) is 15.0 Å². The summed E-state index contributed by atoms with van der Waals surface area (Å²) >= 11 is 1.25. The van der Waals surface area contributed by atoms with E-state index in [9.17, 15) is 9.18 Å². The molecule has 132 valence electrons. The number of hydrogen-bond acceptors (Lipinski definition) is 6. The summed E-state index contributed by atoms with van der Waals surface area (Å²) in [6.45, 7) is 4.01. The summed E-state index contributed by atoms with van der Waals surface area (Å²) < 4.78 is 19.2. The summed E-state index contributed by atoms with van der Waals surface area (Å²) in [5.74, 6) is 0.260. The number of fused-ring (bicyclic) bond motifs is 1. The highest BCUT2D eigenvalue weighted by molar-refractivity contribution is 7.17. The lowest BCUT2D eigenvalue weighted by Gasteiger charge is -2.33. The van der Waals surface area contributed by atoms with Crippen molar-refractivity contribution in [3.63, 3.8) is 0 Å². The number of benzene rings is 1. The van der Waals surface area contributed by atoms with Crippen LogP contribution in [0.15, 0.2) is 36.7 Å². The zero-order valence-corrected chi connectivity index (χ0v) is 15.0. The molecule has 0 aliphatic carbocycles. The van der Waals surface area contributed by atoms with Crippen LogP contribution in [-0.4, -0.2) is 33.5 Å². The molecule has 0 bridgehead atoms. The first-order chi connectivity index (χ1) is 12.5. The summed E-state index contributed by atoms with van der Waals surface area (Å²) in [6.07, 6.45) is 3.03. The minimum atomic E-state index is -0.400. The Hall–Kier alpha value is -2.87. The van der Waals surface area contributed by atoms with Crippen molar-refractivity contribution < 1.29 is 13.9 Å². The largest absolute Gasteiger partial charge is 0.487 e. The molecule has 1 atom stereocenters. The maximum absolute atomic E-state index is 13.5. The molecule has 8 heteroatoms. The van der Waals surface area contributed by atoms with Gasteiger partial charge in [0, 0.05) is 18.5 Å². The van der Waals surface area contributed by atoms with Gasteiger partial charge in [-0.05, 0) is 32.0 Å². The number of carbonyl (C=O) groups excluding carboxylic acids is 1. The van der Waals surface area contributed by atoms with Gasteiger partial charge in [0.25, 0.3) is 5.91 Å². The maximum atomic E-state index is 13.5. The van der Waals surface area contributed by atoms with Crippen LogP contribution >= 0.6 is 11.3 Å². The number of anilines is 1. The molecule has 4 rings (SSSR count). The van der Waals surface area contributed by atoms with E-state index in [2.05, 4.69) is 15.0 Å². The van der Waals surface area contributed by atoms with Gasteiger partial charge in [-0.15, -0.1) is 11.3 Å². The zero-order valence-electron chi connectivity index (χ0n) is 14.1. The first kappa shape index (κ1) is 16.6. The first-order valence-corrected chi connectivity index (χ1v) is 8.87. The van der Waals surface area contributed by atoms with Crippen LogP contribution < -0.4 is 9.64 Å². The molecular formula is C18H15FN4O2S. The Kier molecular flexibility index (Phi) is 4.12. The molecule has 1 amide bonds. The number of aryl methyl sites for hydroxylation is 1. The molecule has 2 aromatic heterocycles. The topological polar surface area (TPSA) is 68.2 Å². The van der Waals surface area contributed by atoms with Crippen LogP contribution in [0.1, 0.15) is 22.3 Å². The van der Waals surface area contributed by atoms with E-state index in [0.29, 0.717) is 39.4 Å². The average Bonchev–Trinajstić information content (AvgIpc) is 3.02. The van der Waals surface area contributed by atoms with Gasteiger partial charge in [0.15, 0.2) is 10.8 Å². The van der Waals surface area contributed by atoms with Crippen LogP contribution in [0.3, 0.4) is 0 Å². The van der Waals surface area contributed by atoms with Gasteiger partial charge in [0.2, 0.25) is 0 Å². The fourth-order valence-corrected chi connectivity index (χ4v) is 3.79. The van der Waals surface area contributed by atoms with E-state index in [4.69, 9.17) is 4.74 Å². The number of rotatable bonds is 2. The van der Waals surface area contributed by atoms with Crippen LogP contribution in [0.2, 0.25) is 0 Å². The van der Waals surface area contributed by atoms with Crippen molar-refractivity contribution in [2.75, 3.05) is 11.4 Å². The van der Waals surface area contributed by atoms with Crippen molar-refractivity contribution in [2.45, 2.75) is 20.0 Å². The lowest BCUT2D eigenvalue weighted by molar-refractivity contribution is 0.0964. The Bertz CT molecular complexity index is 977. The van der Waals surface area contributed by atoms with Crippen LogP contribution in [0, 0.1) is 12.7 Å². The van der Waals surface area contributed by atoms with Crippen molar-refractivity contribution in [2.24, 2.45) is 0 Å². The van der Waals surface area contributed by atoms with E-state index in [1.807, 2.05) is 6.92 Å². The quantitative estimate of drug-likeness (QED) is 0.691. The molecule has 0 N–H and O–H groups in total. The second-order valence-corrected chi connectivity index (χ2v) is 6.96. The molecule has 0 unspecified atom stereocenters. The third kappa shape index (κ3) is 2.92. The molecule has 1 aliphatic heterocycles. The lowest BCUT2D eigenvalue weighted by Crippen LogP contribution is -2.42. The van der Waals surface area contributed by atoms with Gasteiger partial charge in [0.05, 0.1) is 17.9 Å². The van der Waals surface area contributed by atoms with E-state index in [0.717, 1.165) is 0 Å². The number of ether oxygens (including phenoxy) is 1. The normalized spacial score (nSPS) is 16.1. The maximum Gasteiger partial charge on any atom is 0.270 e. The van der Waals surface area contributed by atoms with Gasteiger partial charge in [-0.25, -0.2) is 19.3 Å². The summed E-state index contributed by atoms with van der Waals surface area (Å²) in [7, 11) is 0. The minimum Gasteiger partial charge on any atom is -0.487 e. The molecule has 3 aromatic rings. The number of amides is 1. The number of hydrogen-bond donors (Lipinski definition) is 0. The van der Waals surface area contributed by atoms with E-state index in [1.54, 1.807) is 36.4 Å².